The molecule has 3 N–H and O–H groups in total. The highest BCUT2D eigenvalue weighted by Gasteiger charge is 2.59. The lowest BCUT2D eigenvalue weighted by molar-refractivity contribution is -0.130. The Labute approximate surface area is 182 Å². The van der Waals surface area contributed by atoms with E-state index < -0.39 is 41.0 Å². The molecule has 1 aliphatic carbocycles. The first-order valence-electron chi connectivity index (χ1n) is 9.29. The van der Waals surface area contributed by atoms with Crippen molar-refractivity contribution in [2.75, 3.05) is 14.2 Å². The largest absolute Gasteiger partial charge is 0.507 e. The third kappa shape index (κ3) is 3.51. The van der Waals surface area contributed by atoms with Crippen LogP contribution in [0.3, 0.4) is 0 Å². The maximum atomic E-state index is 13.3. The van der Waals surface area contributed by atoms with Crippen molar-refractivity contribution in [3.05, 3.63) is 34.1 Å². The van der Waals surface area contributed by atoms with Crippen LogP contribution in [0.15, 0.2) is 17.9 Å². The van der Waals surface area contributed by atoms with Crippen LogP contribution >= 0.6 is 11.6 Å². The summed E-state index contributed by atoms with van der Waals surface area (Å²) in [7, 11) is 2.62. The first-order valence-corrected chi connectivity index (χ1v) is 9.67. The van der Waals surface area contributed by atoms with Crippen molar-refractivity contribution >= 4 is 35.0 Å². The highest BCUT2D eigenvalue weighted by Crippen LogP contribution is 2.52. The molecule has 1 aliphatic heterocycles. The summed E-state index contributed by atoms with van der Waals surface area (Å²) >= 11 is 6.38. The SMILES string of the molecule is COc1cc(C(=O)NNC(=O)[C@H](C)OC)c(Cl)c2c1C(=O)[C@@]1(O2)C(O)=CC(=O)C[C@H]1C. The Bertz CT molecular complexity index is 1020. The topological polar surface area (TPSA) is 140 Å². The predicted molar refractivity (Wildman–Crippen MR) is 107 cm³/mol. The maximum absolute atomic E-state index is 13.3. The van der Waals surface area contributed by atoms with Crippen LogP contribution in [0.1, 0.15) is 41.0 Å². The van der Waals surface area contributed by atoms with Gasteiger partial charge in [0.25, 0.3) is 11.8 Å². The molecule has 3 rings (SSSR count). The number of carbonyl (C=O) groups is 4. The monoisotopic (exact) mass is 452 g/mol. The fourth-order valence-electron chi connectivity index (χ4n) is 3.54. The third-order valence-electron chi connectivity index (χ3n) is 5.38. The fraction of sp³-hybridized carbons (Fsp3) is 0.400. The zero-order valence-electron chi connectivity index (χ0n) is 17.2. The minimum absolute atomic E-state index is 0.0140. The first-order chi connectivity index (χ1) is 14.6. The van der Waals surface area contributed by atoms with Gasteiger partial charge in [-0.15, -0.1) is 0 Å². The Morgan fingerprint density at radius 1 is 1.32 bits per heavy atom. The molecule has 2 amide bonds. The highest BCUT2D eigenvalue weighted by atomic mass is 35.5. The molecule has 10 nitrogen and oxygen atoms in total. The van der Waals surface area contributed by atoms with E-state index in [4.69, 9.17) is 25.8 Å². The number of amides is 2. The van der Waals surface area contributed by atoms with Gasteiger partial charge in [-0.25, -0.2) is 0 Å². The molecule has 0 bridgehead atoms. The lowest BCUT2D eigenvalue weighted by Crippen LogP contribution is -2.51. The number of allylic oxidation sites excluding steroid dienone is 1. The molecule has 0 saturated heterocycles. The molecule has 1 aromatic carbocycles. The molecule has 0 fully saturated rings. The van der Waals surface area contributed by atoms with Crippen molar-refractivity contribution in [3.8, 4) is 11.5 Å². The van der Waals surface area contributed by atoms with E-state index in [9.17, 15) is 24.3 Å². The molecular formula is C20H21ClN2O8. The standard InChI is InChI=1S/C20H21ClN2O8/c1-8-5-10(24)6-13(25)20(8)17(26)14-12(30-4)7-11(15(21)16(14)31-20)19(28)23-22-18(27)9(2)29-3/h6-9,25H,5H2,1-4H3,(H,22,27)(H,23,28)/t8-,9+,20+/m1/s1. The maximum Gasteiger partial charge on any atom is 0.271 e. The van der Waals surface area contributed by atoms with E-state index in [0.29, 0.717) is 0 Å². The van der Waals surface area contributed by atoms with Gasteiger partial charge < -0.3 is 19.3 Å². The number of halogens is 1. The number of carbonyl (C=O) groups excluding carboxylic acids is 4. The molecular weight excluding hydrogens is 432 g/mol. The number of ketones is 2. The lowest BCUT2D eigenvalue weighted by Gasteiger charge is -2.34. The van der Waals surface area contributed by atoms with Gasteiger partial charge in [-0.2, -0.15) is 0 Å². The molecule has 0 unspecified atom stereocenters. The number of hydrazine groups is 1. The van der Waals surface area contributed by atoms with Crippen LogP contribution in [-0.2, 0) is 14.3 Å². The van der Waals surface area contributed by atoms with Crippen LogP contribution < -0.4 is 20.3 Å². The van der Waals surface area contributed by atoms with Crippen molar-refractivity contribution in [2.24, 2.45) is 5.92 Å². The van der Waals surface area contributed by atoms with Crippen LogP contribution in [0.5, 0.6) is 11.5 Å². The average Bonchev–Trinajstić information content (AvgIpc) is 3.05. The molecule has 31 heavy (non-hydrogen) atoms. The number of fused-ring (bicyclic) bond motifs is 1. The fourth-order valence-corrected chi connectivity index (χ4v) is 3.82. The average molecular weight is 453 g/mol. The second-order valence-electron chi connectivity index (χ2n) is 7.23. The number of ether oxygens (including phenoxy) is 3. The van der Waals surface area contributed by atoms with Crippen molar-refractivity contribution in [1.29, 1.82) is 0 Å². The number of benzene rings is 1. The van der Waals surface area contributed by atoms with Crippen molar-refractivity contribution in [1.82, 2.24) is 10.9 Å². The minimum Gasteiger partial charge on any atom is -0.507 e. The number of aliphatic hydroxyl groups is 1. The lowest BCUT2D eigenvalue weighted by atomic mass is 9.75. The van der Waals surface area contributed by atoms with E-state index in [1.165, 1.54) is 27.2 Å². The number of methoxy groups -OCH3 is 2. The van der Waals surface area contributed by atoms with Gasteiger partial charge in [0.15, 0.2) is 11.5 Å². The Balaban J connectivity index is 2.01. The van der Waals surface area contributed by atoms with E-state index in [1.807, 2.05) is 0 Å². The van der Waals surface area contributed by atoms with Gasteiger partial charge in [-0.05, 0) is 13.0 Å². The second kappa shape index (κ2) is 8.20. The van der Waals surface area contributed by atoms with E-state index in [1.54, 1.807) is 6.92 Å². The number of hydrogen-bond donors (Lipinski definition) is 3. The number of aliphatic hydroxyl groups excluding tert-OH is 1. The third-order valence-corrected chi connectivity index (χ3v) is 5.75. The number of nitrogens with one attached hydrogen (secondary N) is 2. The summed E-state index contributed by atoms with van der Waals surface area (Å²) in [6.45, 7) is 3.08. The molecule has 2 aliphatic rings. The molecule has 1 heterocycles. The van der Waals surface area contributed by atoms with E-state index in [0.717, 1.165) is 6.08 Å². The summed E-state index contributed by atoms with van der Waals surface area (Å²) in [5.74, 6) is -3.78. The summed E-state index contributed by atoms with van der Waals surface area (Å²) in [5.41, 5.74) is 2.35. The van der Waals surface area contributed by atoms with Crippen LogP contribution in [-0.4, -0.2) is 54.4 Å². The number of Topliss-reactive ketones (excluding diaryl/α,β-unsaturated/α-hetero) is 1. The molecule has 3 atom stereocenters. The van der Waals surface area contributed by atoms with Gasteiger partial charge in [0, 0.05) is 25.5 Å². The first kappa shape index (κ1) is 22.6. The van der Waals surface area contributed by atoms with Crippen molar-refractivity contribution < 1.29 is 38.5 Å². The van der Waals surface area contributed by atoms with E-state index >= 15 is 0 Å². The highest BCUT2D eigenvalue weighted by molar-refractivity contribution is 6.37. The normalized spacial score (nSPS) is 23.0. The van der Waals surface area contributed by atoms with Crippen molar-refractivity contribution in [3.63, 3.8) is 0 Å². The van der Waals surface area contributed by atoms with Gasteiger partial charge >= 0.3 is 0 Å². The Hall–Kier alpha value is -3.11. The summed E-state index contributed by atoms with van der Waals surface area (Å²) in [4.78, 5) is 49.5. The second-order valence-corrected chi connectivity index (χ2v) is 7.61. The van der Waals surface area contributed by atoms with Gasteiger partial charge in [-0.1, -0.05) is 18.5 Å². The van der Waals surface area contributed by atoms with Crippen molar-refractivity contribution in [2.45, 2.75) is 32.0 Å². The van der Waals surface area contributed by atoms with Gasteiger partial charge in [0.1, 0.15) is 23.2 Å². The summed E-state index contributed by atoms with van der Waals surface area (Å²) < 4.78 is 16.0. The van der Waals surface area contributed by atoms with E-state index in [2.05, 4.69) is 10.9 Å². The quantitative estimate of drug-likeness (QED) is 0.584. The van der Waals surface area contributed by atoms with Gasteiger partial charge in [0.05, 0.1) is 17.7 Å². The van der Waals surface area contributed by atoms with Gasteiger partial charge in [0.2, 0.25) is 11.4 Å². The molecule has 0 aromatic heterocycles. The smallest absolute Gasteiger partial charge is 0.271 e. The molecule has 0 radical (unpaired) electrons. The zero-order valence-corrected chi connectivity index (χ0v) is 18.0. The summed E-state index contributed by atoms with van der Waals surface area (Å²) in [6, 6.07) is 1.22. The summed E-state index contributed by atoms with van der Waals surface area (Å²) in [6.07, 6.45) is 0.113. The summed E-state index contributed by atoms with van der Waals surface area (Å²) in [5, 5.41) is 10.3. The molecule has 166 valence electrons. The van der Waals surface area contributed by atoms with Crippen LogP contribution in [0.25, 0.3) is 0 Å². The Morgan fingerprint density at radius 2 is 2.00 bits per heavy atom. The Morgan fingerprint density at radius 3 is 2.58 bits per heavy atom. The molecule has 0 saturated carbocycles. The minimum atomic E-state index is -1.84. The van der Waals surface area contributed by atoms with Crippen LogP contribution in [0.4, 0.5) is 0 Å². The van der Waals surface area contributed by atoms with Gasteiger partial charge in [-0.3, -0.25) is 30.0 Å². The number of hydrogen-bond acceptors (Lipinski definition) is 8. The molecule has 1 spiro atoms. The Kier molecular flexibility index (Phi) is 5.97. The number of rotatable bonds is 4. The zero-order chi connectivity index (χ0) is 23.1. The van der Waals surface area contributed by atoms with Crippen LogP contribution in [0.2, 0.25) is 5.02 Å². The van der Waals surface area contributed by atoms with Crippen LogP contribution in [0, 0.1) is 5.92 Å². The van der Waals surface area contributed by atoms with E-state index in [-0.39, 0.29) is 39.9 Å². The molecule has 1 aromatic rings. The predicted octanol–water partition coefficient (Wildman–Crippen LogP) is 1.51. The molecule has 11 heteroatoms.